The van der Waals surface area contributed by atoms with E-state index in [1.807, 2.05) is 31.2 Å². The minimum Gasteiger partial charge on any atom is -0.265 e. The highest BCUT2D eigenvalue weighted by atomic mass is 16.7. The van der Waals surface area contributed by atoms with Gasteiger partial charge < -0.3 is 0 Å². The van der Waals surface area contributed by atoms with Crippen molar-refractivity contribution in [2.24, 2.45) is 0 Å². The standard InChI is InChI=1S/C16H23NO/c1-5-10-16(15-11-8-7-9-12-15)18-17(13-6-2)14(3)4/h6-9,11-12,16H,2-3,5,10,13H2,1,4H3. The largest absolute Gasteiger partial charge is 0.265 e. The molecule has 0 fully saturated rings. The van der Waals surface area contributed by atoms with Crippen LogP contribution < -0.4 is 0 Å². The van der Waals surface area contributed by atoms with Crippen molar-refractivity contribution in [2.45, 2.75) is 32.8 Å². The van der Waals surface area contributed by atoms with Gasteiger partial charge in [0.05, 0.1) is 6.54 Å². The molecule has 0 N–H and O–H groups in total. The van der Waals surface area contributed by atoms with Gasteiger partial charge >= 0.3 is 0 Å². The maximum atomic E-state index is 6.04. The average molecular weight is 245 g/mol. The Hall–Kier alpha value is -1.54. The first kappa shape index (κ1) is 14.5. The molecule has 0 aromatic heterocycles. The van der Waals surface area contributed by atoms with Crippen LogP contribution in [0.3, 0.4) is 0 Å². The molecule has 1 atom stereocenters. The summed E-state index contributed by atoms with van der Waals surface area (Å²) in [7, 11) is 0. The Kier molecular flexibility index (Phi) is 6.23. The lowest BCUT2D eigenvalue weighted by Gasteiger charge is -2.28. The molecule has 0 saturated heterocycles. The van der Waals surface area contributed by atoms with E-state index in [9.17, 15) is 0 Å². The molecule has 0 radical (unpaired) electrons. The van der Waals surface area contributed by atoms with E-state index in [4.69, 9.17) is 4.84 Å². The van der Waals surface area contributed by atoms with E-state index in [0.29, 0.717) is 6.54 Å². The maximum Gasteiger partial charge on any atom is 0.111 e. The second-order valence-electron chi connectivity index (χ2n) is 4.38. The van der Waals surface area contributed by atoms with Crippen molar-refractivity contribution in [1.29, 1.82) is 0 Å². The smallest absolute Gasteiger partial charge is 0.111 e. The molecular weight excluding hydrogens is 222 g/mol. The second-order valence-corrected chi connectivity index (χ2v) is 4.38. The van der Waals surface area contributed by atoms with Gasteiger partial charge in [0.15, 0.2) is 0 Å². The van der Waals surface area contributed by atoms with Gasteiger partial charge in [-0.1, -0.05) is 56.3 Å². The lowest BCUT2D eigenvalue weighted by molar-refractivity contribution is -0.172. The van der Waals surface area contributed by atoms with E-state index in [2.05, 4.69) is 32.2 Å². The first-order valence-electron chi connectivity index (χ1n) is 6.44. The Morgan fingerprint density at radius 3 is 2.56 bits per heavy atom. The summed E-state index contributed by atoms with van der Waals surface area (Å²) < 4.78 is 0. The first-order valence-corrected chi connectivity index (χ1v) is 6.44. The summed E-state index contributed by atoms with van der Waals surface area (Å²) in [6.07, 6.45) is 3.97. The van der Waals surface area contributed by atoms with Gasteiger partial charge in [-0.3, -0.25) is 9.90 Å². The molecule has 0 saturated carbocycles. The number of nitrogens with zero attached hydrogens (tertiary/aromatic N) is 1. The molecule has 0 heterocycles. The lowest BCUT2D eigenvalue weighted by Crippen LogP contribution is -2.24. The van der Waals surface area contributed by atoms with E-state index in [-0.39, 0.29) is 6.10 Å². The van der Waals surface area contributed by atoms with Crippen molar-refractivity contribution in [3.05, 3.63) is 60.8 Å². The summed E-state index contributed by atoms with van der Waals surface area (Å²) >= 11 is 0. The van der Waals surface area contributed by atoms with E-state index < -0.39 is 0 Å². The summed E-state index contributed by atoms with van der Waals surface area (Å²) in [4.78, 5) is 6.04. The van der Waals surface area contributed by atoms with E-state index in [1.54, 1.807) is 5.06 Å². The molecular formula is C16H23NO. The van der Waals surface area contributed by atoms with E-state index >= 15 is 0 Å². The van der Waals surface area contributed by atoms with Crippen molar-refractivity contribution >= 4 is 0 Å². The topological polar surface area (TPSA) is 12.5 Å². The lowest BCUT2D eigenvalue weighted by atomic mass is 10.1. The zero-order valence-corrected chi connectivity index (χ0v) is 11.4. The van der Waals surface area contributed by atoms with Crippen LogP contribution in [0.2, 0.25) is 0 Å². The highest BCUT2D eigenvalue weighted by molar-refractivity contribution is 5.17. The first-order chi connectivity index (χ1) is 8.69. The van der Waals surface area contributed by atoms with Crippen LogP contribution in [-0.2, 0) is 4.84 Å². The van der Waals surface area contributed by atoms with Crippen LogP contribution in [0.1, 0.15) is 38.4 Å². The summed E-state index contributed by atoms with van der Waals surface area (Å²) in [6, 6.07) is 10.3. The van der Waals surface area contributed by atoms with E-state index in [1.165, 1.54) is 5.56 Å². The van der Waals surface area contributed by atoms with Crippen LogP contribution >= 0.6 is 0 Å². The molecule has 2 heteroatoms. The number of benzene rings is 1. The summed E-state index contributed by atoms with van der Waals surface area (Å²) in [6.45, 7) is 12.4. The molecule has 1 aromatic rings. The number of hydrogen-bond acceptors (Lipinski definition) is 2. The van der Waals surface area contributed by atoms with Gasteiger partial charge in [0.25, 0.3) is 0 Å². The number of hydroxylamine groups is 2. The minimum absolute atomic E-state index is 0.0767. The summed E-state index contributed by atoms with van der Waals surface area (Å²) in [5, 5.41) is 1.81. The number of hydrogen-bond donors (Lipinski definition) is 0. The SMILES string of the molecule is C=CCN(OC(CCC)c1ccccc1)C(=C)C. The molecule has 0 aliphatic rings. The molecule has 2 nitrogen and oxygen atoms in total. The Labute approximate surface area is 111 Å². The highest BCUT2D eigenvalue weighted by Crippen LogP contribution is 2.25. The molecule has 0 spiro atoms. The molecule has 1 aromatic carbocycles. The maximum absolute atomic E-state index is 6.04. The predicted molar refractivity (Wildman–Crippen MR) is 76.9 cm³/mol. The van der Waals surface area contributed by atoms with Gasteiger partial charge in [0.2, 0.25) is 0 Å². The molecule has 0 amide bonds. The predicted octanol–water partition coefficient (Wildman–Crippen LogP) is 4.48. The van der Waals surface area contributed by atoms with Gasteiger partial charge in [0, 0.05) is 5.70 Å². The summed E-state index contributed by atoms with van der Waals surface area (Å²) in [5.41, 5.74) is 2.10. The van der Waals surface area contributed by atoms with Crippen LogP contribution in [0.25, 0.3) is 0 Å². The third-order valence-electron chi connectivity index (χ3n) is 2.70. The monoisotopic (exact) mass is 245 g/mol. The van der Waals surface area contributed by atoms with Crippen molar-refractivity contribution in [2.75, 3.05) is 6.54 Å². The van der Waals surface area contributed by atoms with Crippen molar-refractivity contribution in [1.82, 2.24) is 5.06 Å². The molecule has 1 rings (SSSR count). The van der Waals surface area contributed by atoms with Gasteiger partial charge in [-0.25, -0.2) is 0 Å². The summed E-state index contributed by atoms with van der Waals surface area (Å²) in [5.74, 6) is 0. The Bertz CT molecular complexity index is 372. The van der Waals surface area contributed by atoms with Crippen molar-refractivity contribution < 1.29 is 4.84 Å². The van der Waals surface area contributed by atoms with Crippen LogP contribution in [0.4, 0.5) is 0 Å². The molecule has 0 bridgehead atoms. The number of rotatable bonds is 8. The quantitative estimate of drug-likeness (QED) is 0.494. The van der Waals surface area contributed by atoms with E-state index in [0.717, 1.165) is 18.5 Å². The normalized spacial score (nSPS) is 11.9. The van der Waals surface area contributed by atoms with Crippen LogP contribution in [0, 0.1) is 0 Å². The van der Waals surface area contributed by atoms with Crippen LogP contribution in [0.5, 0.6) is 0 Å². The zero-order chi connectivity index (χ0) is 13.4. The Morgan fingerprint density at radius 2 is 2.06 bits per heavy atom. The fraction of sp³-hybridized carbons (Fsp3) is 0.375. The third kappa shape index (κ3) is 4.38. The zero-order valence-electron chi connectivity index (χ0n) is 11.4. The van der Waals surface area contributed by atoms with Crippen molar-refractivity contribution in [3.63, 3.8) is 0 Å². The van der Waals surface area contributed by atoms with Crippen LogP contribution in [-0.4, -0.2) is 11.6 Å². The second kappa shape index (κ2) is 7.72. The number of allylic oxidation sites excluding steroid dienone is 1. The molecule has 0 aliphatic carbocycles. The molecule has 1 unspecified atom stereocenters. The highest BCUT2D eigenvalue weighted by Gasteiger charge is 2.15. The Balaban J connectivity index is 2.79. The average Bonchev–Trinajstić information content (AvgIpc) is 2.38. The van der Waals surface area contributed by atoms with Crippen LogP contribution in [0.15, 0.2) is 55.3 Å². The molecule has 0 aliphatic heterocycles. The fourth-order valence-corrected chi connectivity index (χ4v) is 1.77. The third-order valence-corrected chi connectivity index (χ3v) is 2.70. The van der Waals surface area contributed by atoms with Gasteiger partial charge in [-0.05, 0) is 18.9 Å². The van der Waals surface area contributed by atoms with Gasteiger partial charge in [0.1, 0.15) is 6.10 Å². The fourth-order valence-electron chi connectivity index (χ4n) is 1.77. The van der Waals surface area contributed by atoms with Crippen molar-refractivity contribution in [3.8, 4) is 0 Å². The minimum atomic E-state index is 0.0767. The van der Waals surface area contributed by atoms with Gasteiger partial charge in [-0.15, -0.1) is 6.58 Å². The Morgan fingerprint density at radius 1 is 1.39 bits per heavy atom. The van der Waals surface area contributed by atoms with Gasteiger partial charge in [-0.2, -0.15) is 0 Å². The molecule has 98 valence electrons. The molecule has 18 heavy (non-hydrogen) atoms.